The number of anilines is 1. The first-order valence-electron chi connectivity index (χ1n) is 5.87. The molecule has 1 aromatic heterocycles. The van der Waals surface area contributed by atoms with Crippen LogP contribution >= 0.6 is 39.9 Å². The maximum absolute atomic E-state index is 12.1. The summed E-state index contributed by atoms with van der Waals surface area (Å²) in [6.07, 6.45) is 2.06. The molecule has 2 N–H and O–H groups in total. The number of fused-ring (bicyclic) bond motifs is 1. The molecule has 104 valence electrons. The van der Waals surface area contributed by atoms with Gasteiger partial charge >= 0.3 is 0 Å². The van der Waals surface area contributed by atoms with Gasteiger partial charge in [0.15, 0.2) is 5.82 Å². The molecule has 1 aliphatic heterocycles. The van der Waals surface area contributed by atoms with Crippen molar-refractivity contribution in [3.05, 3.63) is 21.8 Å². The summed E-state index contributed by atoms with van der Waals surface area (Å²) in [5.41, 5.74) is 0.316. The van der Waals surface area contributed by atoms with E-state index in [9.17, 15) is 4.79 Å². The van der Waals surface area contributed by atoms with Crippen molar-refractivity contribution in [2.45, 2.75) is 31.8 Å². The van der Waals surface area contributed by atoms with Crippen molar-refractivity contribution in [2.75, 3.05) is 5.32 Å². The molecule has 0 spiro atoms. The highest BCUT2D eigenvalue weighted by Crippen LogP contribution is 2.53. The summed E-state index contributed by atoms with van der Waals surface area (Å²) >= 11 is 9.25. The Morgan fingerprint density at radius 2 is 2.32 bits per heavy atom. The van der Waals surface area contributed by atoms with Gasteiger partial charge in [-0.25, -0.2) is 4.98 Å². The maximum Gasteiger partial charge on any atom is 0.242 e. The van der Waals surface area contributed by atoms with Crippen molar-refractivity contribution in [3.8, 4) is 0 Å². The molecule has 3 rings (SSSR count). The Bertz CT molecular complexity index is 528. The summed E-state index contributed by atoms with van der Waals surface area (Å²) in [5.74, 6) is 0.347. The molecule has 3 unspecified atom stereocenters. The standard InChI is InChI=1S/C12H13BrClN3O.ClH/c1-12-4-7(15-8(12)5-12)11(18)17-10-6(14)2-3-9(13)16-10;/h2-3,7-8,15H,4-5H2,1H3,(H,16,17,18);1H. The minimum Gasteiger partial charge on any atom is -0.308 e. The fraction of sp³-hybridized carbons (Fsp3) is 0.500. The predicted octanol–water partition coefficient (Wildman–Crippen LogP) is 3.00. The number of aromatic nitrogens is 1. The maximum atomic E-state index is 12.1. The summed E-state index contributed by atoms with van der Waals surface area (Å²) in [7, 11) is 0. The SMILES string of the molecule is CC12CC(C(=O)Nc3nc(Br)ccc3Cl)NC1C2.Cl. The molecule has 7 heteroatoms. The third-order valence-corrected chi connectivity index (χ3v) is 4.54. The van der Waals surface area contributed by atoms with Crippen molar-refractivity contribution in [1.29, 1.82) is 0 Å². The van der Waals surface area contributed by atoms with Crippen molar-refractivity contribution in [2.24, 2.45) is 5.41 Å². The van der Waals surface area contributed by atoms with Crippen LogP contribution in [0.1, 0.15) is 19.8 Å². The van der Waals surface area contributed by atoms with E-state index in [0.29, 0.717) is 26.9 Å². The lowest BCUT2D eigenvalue weighted by Crippen LogP contribution is -2.38. The molecular weight excluding hydrogens is 353 g/mol. The van der Waals surface area contributed by atoms with Crippen LogP contribution in [0.2, 0.25) is 5.02 Å². The quantitative estimate of drug-likeness (QED) is 0.791. The number of carbonyl (C=O) groups is 1. The Morgan fingerprint density at radius 1 is 1.58 bits per heavy atom. The number of rotatable bonds is 2. The van der Waals surface area contributed by atoms with Crippen molar-refractivity contribution in [1.82, 2.24) is 10.3 Å². The summed E-state index contributed by atoms with van der Waals surface area (Å²) in [6, 6.07) is 3.81. The molecule has 0 radical (unpaired) electrons. The van der Waals surface area contributed by atoms with Crippen LogP contribution in [0.3, 0.4) is 0 Å². The van der Waals surface area contributed by atoms with Gasteiger partial charge in [0.2, 0.25) is 5.91 Å². The fourth-order valence-electron chi connectivity index (χ4n) is 2.54. The Hall–Kier alpha value is -0.360. The Balaban J connectivity index is 0.00000133. The molecular formula is C12H14BrCl2N3O. The summed E-state index contributed by atoms with van der Waals surface area (Å²) < 4.78 is 0.649. The molecule has 1 aromatic rings. The molecule has 2 heterocycles. The fourth-order valence-corrected chi connectivity index (χ4v) is 3.00. The van der Waals surface area contributed by atoms with Crippen molar-refractivity contribution < 1.29 is 4.79 Å². The average molecular weight is 367 g/mol. The summed E-state index contributed by atoms with van der Waals surface area (Å²) in [4.78, 5) is 16.3. The number of nitrogens with one attached hydrogen (secondary N) is 2. The van der Waals surface area contributed by atoms with E-state index in [1.54, 1.807) is 12.1 Å². The predicted molar refractivity (Wildman–Crippen MR) is 80.9 cm³/mol. The number of carbonyl (C=O) groups excluding carboxylic acids is 1. The molecule has 3 atom stereocenters. The Morgan fingerprint density at radius 3 is 2.95 bits per heavy atom. The van der Waals surface area contributed by atoms with Crippen molar-refractivity contribution in [3.63, 3.8) is 0 Å². The van der Waals surface area contributed by atoms with Crippen molar-refractivity contribution >= 4 is 51.7 Å². The van der Waals surface area contributed by atoms with Gasteiger partial charge in [0.25, 0.3) is 0 Å². The van der Waals surface area contributed by atoms with E-state index in [1.165, 1.54) is 6.42 Å². The van der Waals surface area contributed by atoms with E-state index in [-0.39, 0.29) is 24.4 Å². The number of hydrogen-bond acceptors (Lipinski definition) is 3. The van der Waals surface area contributed by atoms with E-state index < -0.39 is 0 Å². The molecule has 1 amide bonds. The Kier molecular flexibility index (Phi) is 4.12. The van der Waals surface area contributed by atoms with Crippen LogP contribution in [0.5, 0.6) is 0 Å². The average Bonchev–Trinajstić information content (AvgIpc) is 2.82. The molecule has 19 heavy (non-hydrogen) atoms. The number of halogens is 3. The first kappa shape index (κ1) is 15.0. The van der Waals surface area contributed by atoms with E-state index in [2.05, 4.69) is 38.5 Å². The van der Waals surface area contributed by atoms with Crippen LogP contribution in [-0.2, 0) is 4.79 Å². The number of amides is 1. The van der Waals surface area contributed by atoms with E-state index >= 15 is 0 Å². The van der Waals surface area contributed by atoms with Gasteiger partial charge in [-0.15, -0.1) is 12.4 Å². The molecule has 0 aromatic carbocycles. The van der Waals surface area contributed by atoms with Crippen LogP contribution in [-0.4, -0.2) is 23.0 Å². The van der Waals surface area contributed by atoms with Crippen LogP contribution < -0.4 is 10.6 Å². The summed E-state index contributed by atoms with van der Waals surface area (Å²) in [6.45, 7) is 2.21. The highest BCUT2D eigenvalue weighted by molar-refractivity contribution is 9.10. The number of piperidine rings is 1. The van der Waals surface area contributed by atoms with Gasteiger partial charge in [-0.05, 0) is 46.3 Å². The van der Waals surface area contributed by atoms with Gasteiger partial charge < -0.3 is 10.6 Å². The van der Waals surface area contributed by atoms with Gasteiger partial charge in [-0.2, -0.15) is 0 Å². The first-order valence-corrected chi connectivity index (χ1v) is 7.04. The van der Waals surface area contributed by atoms with Crippen LogP contribution in [0, 0.1) is 5.41 Å². The smallest absolute Gasteiger partial charge is 0.242 e. The molecule has 2 fully saturated rings. The third kappa shape index (κ3) is 2.89. The van der Waals surface area contributed by atoms with Gasteiger partial charge in [0, 0.05) is 6.04 Å². The normalized spacial score (nSPS) is 31.3. The zero-order valence-electron chi connectivity index (χ0n) is 10.2. The first-order chi connectivity index (χ1) is 8.48. The van der Waals surface area contributed by atoms with Gasteiger partial charge in [-0.1, -0.05) is 18.5 Å². The zero-order chi connectivity index (χ0) is 12.9. The number of hydrogen-bond donors (Lipinski definition) is 2. The topological polar surface area (TPSA) is 54.0 Å². The molecule has 0 bridgehead atoms. The second-order valence-electron chi connectivity index (χ2n) is 5.29. The summed E-state index contributed by atoms with van der Waals surface area (Å²) in [5, 5.41) is 6.55. The third-order valence-electron chi connectivity index (χ3n) is 3.79. The zero-order valence-corrected chi connectivity index (χ0v) is 13.4. The van der Waals surface area contributed by atoms with Crippen LogP contribution in [0.15, 0.2) is 16.7 Å². The highest BCUT2D eigenvalue weighted by atomic mass is 79.9. The monoisotopic (exact) mass is 365 g/mol. The largest absolute Gasteiger partial charge is 0.308 e. The molecule has 1 saturated heterocycles. The minimum absolute atomic E-state index is 0. The lowest BCUT2D eigenvalue weighted by molar-refractivity contribution is -0.118. The lowest BCUT2D eigenvalue weighted by Gasteiger charge is -2.14. The number of pyridine rings is 1. The highest BCUT2D eigenvalue weighted by Gasteiger charge is 2.58. The van der Waals surface area contributed by atoms with E-state index in [1.807, 2.05) is 0 Å². The molecule has 2 aliphatic rings. The molecule has 4 nitrogen and oxygen atoms in total. The second-order valence-corrected chi connectivity index (χ2v) is 6.51. The second kappa shape index (κ2) is 5.20. The van der Waals surface area contributed by atoms with Crippen LogP contribution in [0.4, 0.5) is 5.82 Å². The number of nitrogens with zero attached hydrogens (tertiary/aromatic N) is 1. The molecule has 1 aliphatic carbocycles. The van der Waals surface area contributed by atoms with Crippen LogP contribution in [0.25, 0.3) is 0 Å². The van der Waals surface area contributed by atoms with Gasteiger partial charge in [0.1, 0.15) is 4.60 Å². The van der Waals surface area contributed by atoms with Gasteiger partial charge in [0.05, 0.1) is 11.1 Å². The Labute approximate surface area is 131 Å². The minimum atomic E-state index is -0.134. The van der Waals surface area contributed by atoms with E-state index in [0.717, 1.165) is 6.42 Å². The van der Waals surface area contributed by atoms with E-state index in [4.69, 9.17) is 11.6 Å². The van der Waals surface area contributed by atoms with Gasteiger partial charge in [-0.3, -0.25) is 4.79 Å². The molecule has 1 saturated carbocycles. The lowest BCUT2D eigenvalue weighted by atomic mass is 10.0.